The fourth-order valence-electron chi connectivity index (χ4n) is 3.75. The molecule has 1 heterocycles. The summed E-state index contributed by atoms with van der Waals surface area (Å²) in [6.45, 7) is 17.0. The van der Waals surface area contributed by atoms with E-state index in [4.69, 9.17) is 14.5 Å². The Kier molecular flexibility index (Phi) is 10.1. The maximum atomic E-state index is 5.77. The minimum absolute atomic E-state index is 0.114. The van der Waals surface area contributed by atoms with Gasteiger partial charge in [-0.15, -0.1) is 0 Å². The molecule has 0 radical (unpaired) electrons. The molecule has 0 aliphatic carbocycles. The average Bonchev–Trinajstić information content (AvgIpc) is 3.16. The molecular weight excluding hydrogens is 364 g/mol. The molecule has 1 saturated heterocycles. The molecule has 2 N–H and O–H groups in total. The summed E-state index contributed by atoms with van der Waals surface area (Å²) in [6.07, 6.45) is 2.47. The van der Waals surface area contributed by atoms with E-state index in [1.165, 1.54) is 32.5 Å². The Morgan fingerprint density at radius 3 is 2.62 bits per heavy atom. The topological polar surface area (TPSA) is 58.1 Å². The third-order valence-electron chi connectivity index (χ3n) is 5.18. The van der Waals surface area contributed by atoms with E-state index in [-0.39, 0.29) is 6.04 Å². The summed E-state index contributed by atoms with van der Waals surface area (Å²) in [4.78, 5) is 7.43. The van der Waals surface area contributed by atoms with Crippen LogP contribution in [0.2, 0.25) is 0 Å². The van der Waals surface area contributed by atoms with Gasteiger partial charge in [0.15, 0.2) is 17.5 Å². The van der Waals surface area contributed by atoms with Crippen LogP contribution in [0.15, 0.2) is 23.2 Å². The molecule has 164 valence electrons. The fourth-order valence-corrected chi connectivity index (χ4v) is 3.75. The quantitative estimate of drug-likeness (QED) is 0.434. The summed E-state index contributed by atoms with van der Waals surface area (Å²) in [5.41, 5.74) is 1.15. The van der Waals surface area contributed by atoms with Crippen molar-refractivity contribution in [2.45, 2.75) is 53.5 Å². The highest BCUT2D eigenvalue weighted by Gasteiger charge is 2.21. The average molecular weight is 405 g/mol. The highest BCUT2D eigenvalue weighted by atomic mass is 16.5. The van der Waals surface area contributed by atoms with Gasteiger partial charge in [0.05, 0.1) is 19.3 Å². The third-order valence-corrected chi connectivity index (χ3v) is 5.18. The van der Waals surface area contributed by atoms with Crippen molar-refractivity contribution in [1.29, 1.82) is 0 Å². The summed E-state index contributed by atoms with van der Waals surface area (Å²) >= 11 is 0. The number of hydrogen-bond donors (Lipinski definition) is 2. The monoisotopic (exact) mass is 404 g/mol. The number of nitrogens with zero attached hydrogens (tertiary/aromatic N) is 2. The third kappa shape index (κ3) is 7.42. The normalized spacial score (nSPS) is 18.5. The lowest BCUT2D eigenvalue weighted by Crippen LogP contribution is -2.39. The van der Waals surface area contributed by atoms with Crippen molar-refractivity contribution in [2.75, 3.05) is 45.9 Å². The molecule has 0 saturated carbocycles. The lowest BCUT2D eigenvalue weighted by Gasteiger charge is -2.20. The van der Waals surface area contributed by atoms with Gasteiger partial charge < -0.3 is 25.0 Å². The van der Waals surface area contributed by atoms with Gasteiger partial charge in [0.25, 0.3) is 0 Å². The molecule has 2 atom stereocenters. The maximum absolute atomic E-state index is 5.77. The van der Waals surface area contributed by atoms with Gasteiger partial charge in [-0.05, 0) is 77.2 Å². The smallest absolute Gasteiger partial charge is 0.191 e. The molecule has 0 aromatic heterocycles. The lowest BCUT2D eigenvalue weighted by molar-refractivity contribution is 0.287. The lowest BCUT2D eigenvalue weighted by atomic mass is 10.1. The van der Waals surface area contributed by atoms with Crippen molar-refractivity contribution < 1.29 is 9.47 Å². The van der Waals surface area contributed by atoms with Crippen LogP contribution in [0.1, 0.15) is 59.1 Å². The van der Waals surface area contributed by atoms with Crippen LogP contribution in [0.5, 0.6) is 11.5 Å². The molecule has 1 aliphatic heterocycles. The van der Waals surface area contributed by atoms with Crippen LogP contribution in [0, 0.1) is 5.92 Å². The second-order valence-corrected chi connectivity index (χ2v) is 7.61. The van der Waals surface area contributed by atoms with Gasteiger partial charge >= 0.3 is 0 Å². The molecule has 6 heteroatoms. The highest BCUT2D eigenvalue weighted by molar-refractivity contribution is 5.80. The van der Waals surface area contributed by atoms with Crippen molar-refractivity contribution in [3.8, 4) is 11.5 Å². The number of aliphatic imine (C=N–C) groups is 1. The van der Waals surface area contributed by atoms with E-state index >= 15 is 0 Å². The van der Waals surface area contributed by atoms with Gasteiger partial charge in [-0.2, -0.15) is 0 Å². The van der Waals surface area contributed by atoms with Crippen LogP contribution in [0.4, 0.5) is 0 Å². The van der Waals surface area contributed by atoms with Gasteiger partial charge in [-0.25, -0.2) is 0 Å². The first-order valence-electron chi connectivity index (χ1n) is 11.3. The SMILES string of the molecule is CCCN1CCC(CN=C(NCC)NC(C)c2ccc(OCC)c(OCC)c2)C1. The molecule has 1 aliphatic rings. The summed E-state index contributed by atoms with van der Waals surface area (Å²) in [5.74, 6) is 3.12. The minimum atomic E-state index is 0.114. The molecular formula is C23H40N4O2. The molecule has 0 amide bonds. The maximum Gasteiger partial charge on any atom is 0.191 e. The molecule has 1 aromatic rings. The van der Waals surface area contributed by atoms with Gasteiger partial charge in [0.2, 0.25) is 0 Å². The largest absolute Gasteiger partial charge is 0.490 e. The summed E-state index contributed by atoms with van der Waals surface area (Å²) in [6, 6.07) is 6.26. The molecule has 0 bridgehead atoms. The second-order valence-electron chi connectivity index (χ2n) is 7.61. The molecule has 2 rings (SSSR count). The van der Waals surface area contributed by atoms with Gasteiger partial charge in [0.1, 0.15) is 0 Å². The Balaban J connectivity index is 2.01. The van der Waals surface area contributed by atoms with Crippen LogP contribution >= 0.6 is 0 Å². The summed E-state index contributed by atoms with van der Waals surface area (Å²) < 4.78 is 11.5. The van der Waals surface area contributed by atoms with Crippen molar-refractivity contribution in [3.63, 3.8) is 0 Å². The zero-order valence-corrected chi connectivity index (χ0v) is 19.0. The van der Waals surface area contributed by atoms with Crippen molar-refractivity contribution >= 4 is 5.96 Å². The standard InChI is InChI=1S/C23H40N4O2/c1-6-13-27-14-12-19(17-27)16-25-23(24-7-2)26-18(5)20-10-11-21(28-8-3)22(15-20)29-9-4/h10-11,15,18-19H,6-9,12-14,16-17H2,1-5H3,(H2,24,25,26). The van der Waals surface area contributed by atoms with E-state index in [1.54, 1.807) is 0 Å². The molecule has 0 spiro atoms. The molecule has 6 nitrogen and oxygen atoms in total. The van der Waals surface area contributed by atoms with Crippen LogP contribution in [0.25, 0.3) is 0 Å². The first-order chi connectivity index (χ1) is 14.1. The molecule has 29 heavy (non-hydrogen) atoms. The van der Waals surface area contributed by atoms with Crippen LogP contribution in [-0.4, -0.2) is 56.8 Å². The number of benzene rings is 1. The van der Waals surface area contributed by atoms with Gasteiger partial charge in [-0.3, -0.25) is 4.99 Å². The molecule has 1 fully saturated rings. The van der Waals surface area contributed by atoms with Gasteiger partial charge in [0, 0.05) is 19.6 Å². The predicted molar refractivity (Wildman–Crippen MR) is 121 cm³/mol. The number of rotatable bonds is 11. The predicted octanol–water partition coefficient (Wildman–Crippen LogP) is 3.83. The minimum Gasteiger partial charge on any atom is -0.490 e. The van der Waals surface area contributed by atoms with E-state index in [9.17, 15) is 0 Å². The summed E-state index contributed by atoms with van der Waals surface area (Å²) in [7, 11) is 0. The number of ether oxygens (including phenoxy) is 2. The zero-order valence-electron chi connectivity index (χ0n) is 19.0. The highest BCUT2D eigenvalue weighted by Crippen LogP contribution is 2.30. The van der Waals surface area contributed by atoms with E-state index < -0.39 is 0 Å². The Bertz CT molecular complexity index is 635. The second kappa shape index (κ2) is 12.6. The number of nitrogens with one attached hydrogen (secondary N) is 2. The van der Waals surface area contributed by atoms with E-state index in [0.29, 0.717) is 19.1 Å². The Morgan fingerprint density at radius 1 is 1.17 bits per heavy atom. The summed E-state index contributed by atoms with van der Waals surface area (Å²) in [5, 5.41) is 6.93. The Morgan fingerprint density at radius 2 is 1.93 bits per heavy atom. The van der Waals surface area contributed by atoms with E-state index in [0.717, 1.165) is 36.1 Å². The van der Waals surface area contributed by atoms with Crippen molar-refractivity contribution in [3.05, 3.63) is 23.8 Å². The van der Waals surface area contributed by atoms with Crippen LogP contribution < -0.4 is 20.1 Å². The number of likely N-dealkylation sites (tertiary alicyclic amines) is 1. The molecule has 1 aromatic carbocycles. The van der Waals surface area contributed by atoms with Crippen molar-refractivity contribution in [2.24, 2.45) is 10.9 Å². The van der Waals surface area contributed by atoms with Crippen molar-refractivity contribution in [1.82, 2.24) is 15.5 Å². The van der Waals surface area contributed by atoms with E-state index in [2.05, 4.69) is 48.4 Å². The Labute approximate surface area is 177 Å². The number of hydrogen-bond acceptors (Lipinski definition) is 4. The molecule has 2 unspecified atom stereocenters. The van der Waals surface area contributed by atoms with Crippen LogP contribution in [0.3, 0.4) is 0 Å². The fraction of sp³-hybridized carbons (Fsp3) is 0.696. The first-order valence-corrected chi connectivity index (χ1v) is 11.3. The zero-order chi connectivity index (χ0) is 21.1. The number of guanidine groups is 1. The first kappa shape index (κ1) is 23.3. The Hall–Kier alpha value is -1.95. The van der Waals surface area contributed by atoms with E-state index in [1.807, 2.05) is 19.9 Å². The van der Waals surface area contributed by atoms with Gasteiger partial charge in [-0.1, -0.05) is 13.0 Å². The van der Waals surface area contributed by atoms with Crippen LogP contribution in [-0.2, 0) is 0 Å².